The number of anilines is 1. The first kappa shape index (κ1) is 16.1. The van der Waals surface area contributed by atoms with Crippen molar-refractivity contribution in [2.45, 2.75) is 17.4 Å². The predicted octanol–water partition coefficient (Wildman–Crippen LogP) is -1.17. The lowest BCUT2D eigenvalue weighted by molar-refractivity contribution is 0.232. The molecule has 2 heterocycles. The number of hydrogen-bond donors (Lipinski definition) is 2. The van der Waals surface area contributed by atoms with Gasteiger partial charge in [0.05, 0.1) is 18.1 Å². The summed E-state index contributed by atoms with van der Waals surface area (Å²) in [7, 11) is -7.15. The highest BCUT2D eigenvalue weighted by Crippen LogP contribution is 2.24. The molecular weight excluding hydrogens is 318 g/mol. The number of hydrogen-bond acceptors (Lipinski definition) is 7. The molecule has 118 valence electrons. The summed E-state index contributed by atoms with van der Waals surface area (Å²) in [6, 6.07) is 2.01. The number of aliphatic hydroxyl groups is 1. The van der Waals surface area contributed by atoms with Crippen LogP contribution in [0.4, 0.5) is 5.82 Å². The Hall–Kier alpha value is -1.23. The molecule has 10 heteroatoms. The van der Waals surface area contributed by atoms with Gasteiger partial charge in [0, 0.05) is 18.8 Å². The quantitative estimate of drug-likeness (QED) is 0.693. The van der Waals surface area contributed by atoms with Crippen molar-refractivity contribution in [3.05, 3.63) is 18.3 Å². The normalized spacial score (nSPS) is 21.7. The average Bonchev–Trinajstić information content (AvgIpc) is 2.76. The van der Waals surface area contributed by atoms with Crippen LogP contribution in [0.5, 0.6) is 0 Å². The molecule has 0 aliphatic carbocycles. The summed E-state index contributed by atoms with van der Waals surface area (Å²) in [5.41, 5.74) is 5.42. The van der Waals surface area contributed by atoms with Gasteiger partial charge in [-0.3, -0.25) is 0 Å². The van der Waals surface area contributed by atoms with Gasteiger partial charge in [0.15, 0.2) is 9.84 Å². The lowest BCUT2D eigenvalue weighted by Gasteiger charge is -2.26. The lowest BCUT2D eigenvalue weighted by Crippen LogP contribution is -2.42. The van der Waals surface area contributed by atoms with Gasteiger partial charge in [0.25, 0.3) is 0 Å². The largest absolute Gasteiger partial charge is 0.395 e. The van der Waals surface area contributed by atoms with Gasteiger partial charge in [-0.1, -0.05) is 0 Å². The third-order valence-electron chi connectivity index (χ3n) is 3.30. The van der Waals surface area contributed by atoms with Gasteiger partial charge in [-0.25, -0.2) is 21.8 Å². The van der Waals surface area contributed by atoms with Gasteiger partial charge in [-0.05, 0) is 18.6 Å². The van der Waals surface area contributed by atoms with Crippen molar-refractivity contribution >= 4 is 25.7 Å². The van der Waals surface area contributed by atoms with E-state index in [0.29, 0.717) is 0 Å². The molecule has 21 heavy (non-hydrogen) atoms. The SMILES string of the molecule is Nc1ccc(S(=O)(=O)N(CCO)C2CCS(=O)(=O)C2)cn1. The molecule has 1 aliphatic heterocycles. The lowest BCUT2D eigenvalue weighted by atomic mass is 10.3. The van der Waals surface area contributed by atoms with E-state index in [-0.39, 0.29) is 35.2 Å². The molecule has 0 radical (unpaired) electrons. The number of rotatable bonds is 5. The van der Waals surface area contributed by atoms with Gasteiger partial charge in [-0.15, -0.1) is 0 Å². The number of pyridine rings is 1. The Balaban J connectivity index is 2.35. The van der Waals surface area contributed by atoms with Crippen LogP contribution in [0.1, 0.15) is 6.42 Å². The number of sulfone groups is 1. The number of nitrogens with two attached hydrogens (primary N) is 1. The van der Waals surface area contributed by atoms with Gasteiger partial charge in [0.2, 0.25) is 10.0 Å². The Morgan fingerprint density at radius 1 is 1.43 bits per heavy atom. The minimum Gasteiger partial charge on any atom is -0.395 e. The molecule has 0 saturated carbocycles. The Kier molecular flexibility index (Phi) is 4.51. The summed E-state index contributed by atoms with van der Waals surface area (Å²) in [4.78, 5) is 3.66. The molecule has 0 aromatic carbocycles. The maximum absolute atomic E-state index is 12.6. The topological polar surface area (TPSA) is 131 Å². The summed E-state index contributed by atoms with van der Waals surface area (Å²) in [5.74, 6) is -0.0879. The van der Waals surface area contributed by atoms with Gasteiger partial charge >= 0.3 is 0 Å². The number of aromatic nitrogens is 1. The first-order valence-electron chi connectivity index (χ1n) is 6.31. The summed E-state index contributed by atoms with van der Waals surface area (Å²) in [6.07, 6.45) is 1.35. The van der Waals surface area contributed by atoms with E-state index in [2.05, 4.69) is 4.98 Å². The van der Waals surface area contributed by atoms with E-state index in [1.165, 1.54) is 12.1 Å². The zero-order valence-corrected chi connectivity index (χ0v) is 12.8. The standard InChI is InChI=1S/C11H17N3O5S2/c12-11-2-1-10(7-13-11)21(18,19)14(4-5-15)9-3-6-20(16,17)8-9/h1-2,7,9,15H,3-6,8H2,(H2,12,13). The van der Waals surface area contributed by atoms with Crippen LogP contribution < -0.4 is 5.73 Å². The average molecular weight is 335 g/mol. The highest BCUT2D eigenvalue weighted by atomic mass is 32.2. The molecule has 2 rings (SSSR count). The number of aliphatic hydroxyl groups excluding tert-OH is 1. The fourth-order valence-corrected chi connectivity index (χ4v) is 5.70. The number of nitrogens with zero attached hydrogens (tertiary/aromatic N) is 2. The van der Waals surface area contributed by atoms with Crippen molar-refractivity contribution < 1.29 is 21.9 Å². The van der Waals surface area contributed by atoms with Gasteiger partial charge in [-0.2, -0.15) is 4.31 Å². The molecule has 8 nitrogen and oxygen atoms in total. The van der Waals surface area contributed by atoms with Crippen molar-refractivity contribution in [3.8, 4) is 0 Å². The van der Waals surface area contributed by atoms with Crippen LogP contribution in [-0.2, 0) is 19.9 Å². The molecule has 1 aromatic heterocycles. The van der Waals surface area contributed by atoms with Gasteiger partial charge < -0.3 is 10.8 Å². The first-order chi connectivity index (χ1) is 9.76. The van der Waals surface area contributed by atoms with Crippen molar-refractivity contribution in [3.63, 3.8) is 0 Å². The molecule has 1 unspecified atom stereocenters. The smallest absolute Gasteiger partial charge is 0.244 e. The van der Waals surface area contributed by atoms with Crippen molar-refractivity contribution in [1.82, 2.24) is 9.29 Å². The Morgan fingerprint density at radius 2 is 2.14 bits per heavy atom. The Bertz CT molecular complexity index is 700. The van der Waals surface area contributed by atoms with E-state index in [0.717, 1.165) is 10.5 Å². The number of nitrogen functional groups attached to an aromatic ring is 1. The van der Waals surface area contributed by atoms with Crippen LogP contribution in [0.15, 0.2) is 23.2 Å². The van der Waals surface area contributed by atoms with Crippen LogP contribution in [0.2, 0.25) is 0 Å². The first-order valence-corrected chi connectivity index (χ1v) is 9.57. The monoisotopic (exact) mass is 335 g/mol. The molecule has 1 aromatic rings. The molecule has 1 fully saturated rings. The second-order valence-corrected chi connectivity index (χ2v) is 8.93. The zero-order chi connectivity index (χ0) is 15.7. The maximum atomic E-state index is 12.6. The highest BCUT2D eigenvalue weighted by molar-refractivity contribution is 7.92. The minimum absolute atomic E-state index is 0.0465. The maximum Gasteiger partial charge on any atom is 0.244 e. The van der Waals surface area contributed by atoms with E-state index < -0.39 is 32.5 Å². The van der Waals surface area contributed by atoms with Crippen LogP contribution in [0, 0.1) is 0 Å². The summed E-state index contributed by atoms with van der Waals surface area (Å²) in [6.45, 7) is -0.551. The third kappa shape index (κ3) is 3.51. The molecule has 1 saturated heterocycles. The Labute approximate surface area is 123 Å². The van der Waals surface area contributed by atoms with Crippen molar-refractivity contribution in [2.24, 2.45) is 0 Å². The molecule has 1 atom stereocenters. The predicted molar refractivity (Wildman–Crippen MR) is 76.7 cm³/mol. The fraction of sp³-hybridized carbons (Fsp3) is 0.545. The second-order valence-electron chi connectivity index (χ2n) is 4.81. The van der Waals surface area contributed by atoms with E-state index in [9.17, 15) is 16.8 Å². The molecule has 0 spiro atoms. The summed E-state index contributed by atoms with van der Waals surface area (Å²) < 4.78 is 49.3. The fourth-order valence-electron chi connectivity index (χ4n) is 2.28. The minimum atomic E-state index is -3.92. The van der Waals surface area contributed by atoms with Gasteiger partial charge in [0.1, 0.15) is 10.7 Å². The third-order valence-corrected chi connectivity index (χ3v) is 6.99. The summed E-state index contributed by atoms with van der Waals surface area (Å²) >= 11 is 0. The van der Waals surface area contributed by atoms with Crippen LogP contribution >= 0.6 is 0 Å². The van der Waals surface area contributed by atoms with E-state index in [1.807, 2.05) is 0 Å². The molecule has 0 amide bonds. The molecule has 0 bridgehead atoms. The van der Waals surface area contributed by atoms with Crippen LogP contribution in [0.25, 0.3) is 0 Å². The number of sulfonamides is 1. The molecule has 1 aliphatic rings. The Morgan fingerprint density at radius 3 is 2.62 bits per heavy atom. The van der Waals surface area contributed by atoms with E-state index >= 15 is 0 Å². The van der Waals surface area contributed by atoms with Crippen LogP contribution in [-0.4, -0.2) is 61.9 Å². The van der Waals surface area contributed by atoms with E-state index in [1.54, 1.807) is 0 Å². The van der Waals surface area contributed by atoms with Crippen molar-refractivity contribution in [1.29, 1.82) is 0 Å². The second kappa shape index (κ2) is 5.87. The highest BCUT2D eigenvalue weighted by Gasteiger charge is 2.38. The van der Waals surface area contributed by atoms with E-state index in [4.69, 9.17) is 10.8 Å². The summed E-state index contributed by atoms with van der Waals surface area (Å²) in [5, 5.41) is 9.09. The van der Waals surface area contributed by atoms with Crippen molar-refractivity contribution in [2.75, 3.05) is 30.4 Å². The molecule has 3 N–H and O–H groups in total. The zero-order valence-electron chi connectivity index (χ0n) is 11.2. The van der Waals surface area contributed by atoms with Crippen LogP contribution in [0.3, 0.4) is 0 Å². The molecular formula is C11H17N3O5S2.